The Morgan fingerprint density at radius 1 is 0.827 bits per heavy atom. The number of unbranched alkanes of at least 4 members (excludes halogenated alkanes) is 3. The zero-order chi connectivity index (χ0) is 57.7. The average Bonchev–Trinajstić information content (AvgIpc) is 4.32. The third-order valence-electron chi connectivity index (χ3n) is 15.5. The topological polar surface area (TPSA) is 274 Å². The van der Waals surface area contributed by atoms with Crippen molar-refractivity contribution in [3.63, 3.8) is 0 Å². The Bertz CT molecular complexity index is 3060. The molecule has 1 saturated heterocycles. The molecular weight excluding hydrogens is 1060 g/mol. The summed E-state index contributed by atoms with van der Waals surface area (Å²) >= 11 is 6.59. The summed E-state index contributed by atoms with van der Waals surface area (Å²) in [5, 5.41) is 10.1. The normalized spacial score (nSPS) is 17.3. The van der Waals surface area contributed by atoms with Crippen LogP contribution in [0.1, 0.15) is 112 Å². The van der Waals surface area contributed by atoms with Crippen LogP contribution in [-0.2, 0) is 35.4 Å². The Labute approximate surface area is 476 Å². The largest absolute Gasteiger partial charge is 0.493 e. The Hall–Kier alpha value is -8.00. The highest BCUT2D eigenvalue weighted by Crippen LogP contribution is 2.46. The lowest BCUT2D eigenvalue weighted by Crippen LogP contribution is -2.50. The number of methoxy groups -OCH3 is 1. The number of urea groups is 1. The molecule has 0 aromatic heterocycles. The summed E-state index contributed by atoms with van der Waals surface area (Å²) in [5.74, 6) is -2.98. The lowest BCUT2D eigenvalue weighted by molar-refractivity contribution is -0.137. The molecule has 430 valence electrons. The van der Waals surface area contributed by atoms with E-state index in [1.807, 2.05) is 58.5 Å². The molecule has 4 aromatic carbocycles. The fraction of sp³-hybridized carbons (Fsp3) is 0.450. The molecule has 81 heavy (non-hydrogen) atoms. The number of hydrogen-bond donors (Lipinski definition) is 5. The minimum Gasteiger partial charge on any atom is -0.493 e. The fourth-order valence-electron chi connectivity index (χ4n) is 11.3. The molecule has 0 saturated carbocycles. The van der Waals surface area contributed by atoms with Crippen LogP contribution < -0.4 is 46.5 Å². The van der Waals surface area contributed by atoms with Gasteiger partial charge in [-0.1, -0.05) is 56.7 Å². The first kappa shape index (κ1) is 59.1. The van der Waals surface area contributed by atoms with E-state index in [4.69, 9.17) is 37.3 Å². The van der Waals surface area contributed by atoms with Crippen LogP contribution in [0, 0.1) is 17.8 Å². The van der Waals surface area contributed by atoms with Crippen LogP contribution in [0.25, 0.3) is 10.8 Å². The highest BCUT2D eigenvalue weighted by atomic mass is 35.5. The molecule has 5 atom stereocenters. The van der Waals surface area contributed by atoms with Crippen molar-refractivity contribution in [3.05, 3.63) is 95.6 Å². The number of nitrogens with zero attached hydrogens (tertiary/aromatic N) is 4. The first-order valence-electron chi connectivity index (χ1n) is 27.9. The number of rotatable bonds is 28. The molecule has 0 bridgehead atoms. The summed E-state index contributed by atoms with van der Waals surface area (Å²) in [5.41, 5.74) is 15.2. The maximum absolute atomic E-state index is 14.1. The molecule has 7 N–H and O–H groups in total. The van der Waals surface area contributed by atoms with E-state index >= 15 is 0 Å². The number of nitrogens with two attached hydrogens (primary N) is 2. The third kappa shape index (κ3) is 14.3. The second-order valence-corrected chi connectivity index (χ2v) is 21.6. The number of fused-ring (bicyclic) bond motifs is 5. The number of halogens is 1. The Kier molecular flexibility index (Phi) is 20.0. The van der Waals surface area contributed by atoms with Gasteiger partial charge in [0.05, 0.1) is 42.6 Å². The van der Waals surface area contributed by atoms with E-state index in [1.54, 1.807) is 45.2 Å². The third-order valence-corrected chi connectivity index (χ3v) is 15.8. The first-order valence-corrected chi connectivity index (χ1v) is 28.4. The predicted molar refractivity (Wildman–Crippen MR) is 308 cm³/mol. The molecule has 4 aliphatic rings. The number of carbonyl (C=O) groups excluding carboxylic acids is 8. The average molecular weight is 1130 g/mol. The van der Waals surface area contributed by atoms with Gasteiger partial charge in [0, 0.05) is 91.9 Å². The second kappa shape index (κ2) is 27.4. The molecule has 1 unspecified atom stereocenters. The van der Waals surface area contributed by atoms with Crippen LogP contribution >= 0.6 is 11.6 Å². The maximum Gasteiger partial charge on any atom is 0.312 e. The van der Waals surface area contributed by atoms with Gasteiger partial charge in [0.2, 0.25) is 23.6 Å². The van der Waals surface area contributed by atoms with E-state index in [0.29, 0.717) is 91.9 Å². The van der Waals surface area contributed by atoms with Crippen LogP contribution in [0.15, 0.2) is 83.9 Å². The minimum absolute atomic E-state index is 0.00198. The van der Waals surface area contributed by atoms with E-state index in [2.05, 4.69) is 20.9 Å². The molecule has 4 aliphatic heterocycles. The van der Waals surface area contributed by atoms with Crippen LogP contribution in [0.3, 0.4) is 0 Å². The number of carbonyl (C=O) groups is 8. The molecular formula is C60H72ClN9O11. The van der Waals surface area contributed by atoms with E-state index in [9.17, 15) is 38.4 Å². The number of aliphatic imine (C=N–C) groups is 1. The molecule has 8 rings (SSSR count). The summed E-state index contributed by atoms with van der Waals surface area (Å²) in [6.07, 6.45) is 9.92. The molecule has 20 nitrogen and oxygen atoms in total. The van der Waals surface area contributed by atoms with Gasteiger partial charge in [0.15, 0.2) is 11.5 Å². The van der Waals surface area contributed by atoms with Crippen LogP contribution in [-0.4, -0.2) is 121 Å². The number of benzene rings is 4. The Morgan fingerprint density at radius 2 is 1.58 bits per heavy atom. The van der Waals surface area contributed by atoms with Crippen molar-refractivity contribution in [2.75, 3.05) is 56.0 Å². The number of hydrogen-bond acceptors (Lipinski definition) is 12. The summed E-state index contributed by atoms with van der Waals surface area (Å²) in [7, 11) is 1.55. The number of imide groups is 1. The number of alkyl halides is 1. The first-order chi connectivity index (χ1) is 39.1. The fourth-order valence-corrected chi connectivity index (χ4v) is 11.5. The predicted octanol–water partition coefficient (Wildman–Crippen LogP) is 7.40. The van der Waals surface area contributed by atoms with Gasteiger partial charge >= 0.3 is 6.03 Å². The molecule has 1 fully saturated rings. The van der Waals surface area contributed by atoms with E-state index in [-0.39, 0.29) is 68.7 Å². The Morgan fingerprint density at radius 3 is 2.28 bits per heavy atom. The van der Waals surface area contributed by atoms with Gasteiger partial charge in [0.25, 0.3) is 17.7 Å². The Balaban J connectivity index is 0.870. The molecule has 0 radical (unpaired) electrons. The van der Waals surface area contributed by atoms with Gasteiger partial charge in [0.1, 0.15) is 18.4 Å². The van der Waals surface area contributed by atoms with Crippen molar-refractivity contribution in [3.8, 4) is 17.2 Å². The molecule has 0 spiro atoms. The highest BCUT2D eigenvalue weighted by Gasteiger charge is 2.38. The smallest absolute Gasteiger partial charge is 0.312 e. The van der Waals surface area contributed by atoms with Crippen LogP contribution in [0.5, 0.6) is 17.2 Å². The lowest BCUT2D eigenvalue weighted by Gasteiger charge is -2.29. The van der Waals surface area contributed by atoms with Gasteiger partial charge in [-0.05, 0) is 98.4 Å². The van der Waals surface area contributed by atoms with Crippen molar-refractivity contribution in [1.82, 2.24) is 20.4 Å². The highest BCUT2D eigenvalue weighted by molar-refractivity contribution is 6.19. The molecule has 4 heterocycles. The number of ether oxygens (including phenoxy) is 3. The van der Waals surface area contributed by atoms with Gasteiger partial charge in [-0.3, -0.25) is 43.5 Å². The number of primary amides is 2. The van der Waals surface area contributed by atoms with E-state index < -0.39 is 53.4 Å². The number of amides is 9. The second-order valence-electron chi connectivity index (χ2n) is 21.3. The van der Waals surface area contributed by atoms with E-state index in [0.717, 1.165) is 51.7 Å². The summed E-state index contributed by atoms with van der Waals surface area (Å²) < 4.78 is 18.3. The quantitative estimate of drug-likeness (QED) is 0.0212. The van der Waals surface area contributed by atoms with E-state index in [1.165, 1.54) is 12.2 Å². The summed E-state index contributed by atoms with van der Waals surface area (Å²) in [4.78, 5) is 113. The van der Waals surface area contributed by atoms with Crippen LogP contribution in [0.4, 0.5) is 21.9 Å². The molecule has 21 heteroatoms. The van der Waals surface area contributed by atoms with Crippen molar-refractivity contribution < 1.29 is 52.6 Å². The summed E-state index contributed by atoms with van der Waals surface area (Å²) in [6.45, 7) is 5.57. The van der Waals surface area contributed by atoms with Gasteiger partial charge in [-0.15, -0.1) is 11.6 Å². The minimum atomic E-state index is -1.08. The van der Waals surface area contributed by atoms with Gasteiger partial charge in [-0.2, -0.15) is 0 Å². The summed E-state index contributed by atoms with van der Waals surface area (Å²) in [6, 6.07) is 18.5. The number of anilines is 2. The van der Waals surface area contributed by atoms with Crippen molar-refractivity contribution in [2.24, 2.45) is 34.2 Å². The SMILES string of the molecule is COc1cc2c(cc1OCCCCCC(=O)N1C[C@@H](CCl)c3c1cc(OCc1ccc(NC(=O)[C@H](CCCNC(N)=O)NC(=O)[C@@H](C(C)C)C(CCCCN4C(=O)C=CC4=O)C(N)=O)cc1)c1ccccc31)N=C[C@@H]1CCCN1C2=O. The van der Waals surface area contributed by atoms with Crippen molar-refractivity contribution in [1.29, 1.82) is 0 Å². The molecule has 9 amide bonds. The standard InChI is InChI=1S/C60H72ClN9O11/c1-36(2)54(43(56(62)74)16-8-9-26-69-52(72)23-24-53(69)73)58(76)67-45(17-11-25-64-60(63)78)57(75)66-39-21-19-37(20-22-39)35-81-48-31-47-55(42-15-7-6-14-41(42)48)38(32-61)34-70(47)51(71)18-5-4-10-28-80-50-30-46-44(29-49(50)79-3)59(77)68-27-12-13-40(68)33-65-46/h6-7,14-15,19-24,29-31,33,36,38,40,43,45,54H,4-5,8-13,16-18,25-28,32,34-35H2,1-3H3,(H2,62,74)(H,66,75)(H,67,76)(H3,63,64,78)/t38-,40+,43?,45+,54+/m1/s1. The zero-order valence-electron chi connectivity index (χ0n) is 46.1. The molecule has 4 aromatic rings. The number of nitrogens with one attached hydrogen (secondary N) is 3. The monoisotopic (exact) mass is 1130 g/mol. The maximum atomic E-state index is 14.1. The lowest BCUT2D eigenvalue weighted by atomic mass is 9.79. The van der Waals surface area contributed by atoms with Crippen molar-refractivity contribution in [2.45, 2.75) is 109 Å². The van der Waals surface area contributed by atoms with Crippen molar-refractivity contribution >= 4 is 93.0 Å². The molecule has 0 aliphatic carbocycles. The van der Waals surface area contributed by atoms with Gasteiger partial charge < -0.3 is 51.4 Å². The van der Waals surface area contributed by atoms with Gasteiger partial charge in [-0.25, -0.2) is 4.79 Å². The zero-order valence-corrected chi connectivity index (χ0v) is 46.8. The van der Waals surface area contributed by atoms with Crippen LogP contribution in [0.2, 0.25) is 0 Å².